The molecule has 1 heteroatoms. The van der Waals surface area contributed by atoms with Crippen LogP contribution in [0, 0.1) is 5.92 Å². The summed E-state index contributed by atoms with van der Waals surface area (Å²) in [7, 11) is 0. The second-order valence-corrected chi connectivity index (χ2v) is 7.37. The third kappa shape index (κ3) is 4.99. The van der Waals surface area contributed by atoms with E-state index in [4.69, 9.17) is 4.74 Å². The number of ether oxygens (including phenoxy) is 1. The van der Waals surface area contributed by atoms with Crippen LogP contribution < -0.4 is 0 Å². The van der Waals surface area contributed by atoms with Crippen LogP contribution in [-0.4, -0.2) is 6.61 Å². The molecule has 1 rings (SSSR count). The van der Waals surface area contributed by atoms with E-state index in [9.17, 15) is 0 Å². The van der Waals surface area contributed by atoms with Gasteiger partial charge in [-0.3, -0.25) is 0 Å². The van der Waals surface area contributed by atoms with Crippen molar-refractivity contribution in [3.8, 4) is 0 Å². The molecule has 1 aromatic rings. The van der Waals surface area contributed by atoms with Crippen LogP contribution in [0.2, 0.25) is 0 Å². The summed E-state index contributed by atoms with van der Waals surface area (Å²) in [5, 5.41) is 0. The maximum absolute atomic E-state index is 6.09. The minimum absolute atomic E-state index is 0.185. The lowest BCUT2D eigenvalue weighted by Crippen LogP contribution is -2.24. The molecule has 0 aliphatic carbocycles. The quantitative estimate of drug-likeness (QED) is 0.701. The van der Waals surface area contributed by atoms with E-state index in [1.807, 2.05) is 0 Å². The van der Waals surface area contributed by atoms with E-state index in [2.05, 4.69) is 72.7 Å². The van der Waals surface area contributed by atoms with Gasteiger partial charge in [-0.25, -0.2) is 0 Å². The average molecular weight is 262 g/mol. The maximum Gasteiger partial charge on any atom is 0.0875 e. The molecule has 108 valence electrons. The number of hydrogen-bond acceptors (Lipinski definition) is 1. The number of rotatable bonds is 5. The lowest BCUT2D eigenvalue weighted by molar-refractivity contribution is -0.0263. The van der Waals surface area contributed by atoms with E-state index < -0.39 is 0 Å². The molecule has 0 N–H and O–H groups in total. The van der Waals surface area contributed by atoms with Gasteiger partial charge in [0.1, 0.15) is 0 Å². The summed E-state index contributed by atoms with van der Waals surface area (Å²) in [6.07, 6.45) is 1.11. The van der Waals surface area contributed by atoms with Crippen LogP contribution in [-0.2, 0) is 15.8 Å². The molecule has 0 aliphatic heterocycles. The lowest BCUT2D eigenvalue weighted by atomic mass is 9.84. The molecule has 1 nitrogen and oxygen atoms in total. The first-order valence-electron chi connectivity index (χ1n) is 7.38. The van der Waals surface area contributed by atoms with Crippen molar-refractivity contribution < 1.29 is 4.74 Å². The molecule has 0 atom stereocenters. The third-order valence-corrected chi connectivity index (χ3v) is 3.58. The van der Waals surface area contributed by atoms with Crippen LogP contribution in [0.1, 0.15) is 66.0 Å². The standard InChI is InChI=1S/C18H30O/c1-14(2)11-12-19-18(6,7)16-10-8-9-15(13-16)17(3,4)5/h8-10,13-14H,11-12H2,1-7H3. The molecule has 0 bridgehead atoms. The minimum atomic E-state index is -0.212. The Labute approximate surface area is 119 Å². The monoisotopic (exact) mass is 262 g/mol. The molecular weight excluding hydrogens is 232 g/mol. The van der Waals surface area contributed by atoms with E-state index in [0.29, 0.717) is 5.92 Å². The van der Waals surface area contributed by atoms with Gasteiger partial charge in [0.05, 0.1) is 5.60 Å². The highest BCUT2D eigenvalue weighted by molar-refractivity contribution is 5.31. The van der Waals surface area contributed by atoms with E-state index in [-0.39, 0.29) is 11.0 Å². The molecule has 0 saturated heterocycles. The van der Waals surface area contributed by atoms with Gasteiger partial charge < -0.3 is 4.74 Å². The predicted molar refractivity (Wildman–Crippen MR) is 83.6 cm³/mol. The topological polar surface area (TPSA) is 9.23 Å². The summed E-state index contributed by atoms with van der Waals surface area (Å²) >= 11 is 0. The first-order valence-corrected chi connectivity index (χ1v) is 7.38. The Morgan fingerprint density at radius 1 is 1.00 bits per heavy atom. The van der Waals surface area contributed by atoms with Crippen molar-refractivity contribution in [3.63, 3.8) is 0 Å². The Morgan fingerprint density at radius 3 is 2.11 bits per heavy atom. The number of hydrogen-bond donors (Lipinski definition) is 0. The van der Waals surface area contributed by atoms with Crippen LogP contribution in [0.25, 0.3) is 0 Å². The zero-order valence-electron chi connectivity index (χ0n) is 13.7. The van der Waals surface area contributed by atoms with Gasteiger partial charge in [-0.15, -0.1) is 0 Å². The van der Waals surface area contributed by atoms with Crippen molar-refractivity contribution in [1.82, 2.24) is 0 Å². The second-order valence-electron chi connectivity index (χ2n) is 7.37. The molecule has 0 amide bonds. The molecule has 0 fully saturated rings. The van der Waals surface area contributed by atoms with Crippen molar-refractivity contribution in [1.29, 1.82) is 0 Å². The maximum atomic E-state index is 6.09. The fourth-order valence-electron chi connectivity index (χ4n) is 1.99. The van der Waals surface area contributed by atoms with E-state index >= 15 is 0 Å². The zero-order chi connectivity index (χ0) is 14.7. The summed E-state index contributed by atoms with van der Waals surface area (Å²) in [5.41, 5.74) is 2.61. The van der Waals surface area contributed by atoms with Gasteiger partial charge in [-0.05, 0) is 42.7 Å². The highest BCUT2D eigenvalue weighted by Gasteiger charge is 2.23. The van der Waals surface area contributed by atoms with Crippen molar-refractivity contribution in [2.24, 2.45) is 5.92 Å². The molecule has 0 heterocycles. The molecule has 0 radical (unpaired) electrons. The summed E-state index contributed by atoms with van der Waals surface area (Å²) < 4.78 is 6.09. The van der Waals surface area contributed by atoms with Gasteiger partial charge in [0.15, 0.2) is 0 Å². The Morgan fingerprint density at radius 2 is 1.58 bits per heavy atom. The molecular formula is C18H30O. The number of benzene rings is 1. The highest BCUT2D eigenvalue weighted by atomic mass is 16.5. The van der Waals surface area contributed by atoms with Crippen LogP contribution in [0.15, 0.2) is 24.3 Å². The van der Waals surface area contributed by atoms with Crippen molar-refractivity contribution in [3.05, 3.63) is 35.4 Å². The molecule has 0 spiro atoms. The fraction of sp³-hybridized carbons (Fsp3) is 0.667. The van der Waals surface area contributed by atoms with E-state index in [1.165, 1.54) is 11.1 Å². The van der Waals surface area contributed by atoms with Crippen molar-refractivity contribution in [2.75, 3.05) is 6.61 Å². The van der Waals surface area contributed by atoms with Gasteiger partial charge in [0.2, 0.25) is 0 Å². The molecule has 19 heavy (non-hydrogen) atoms. The lowest BCUT2D eigenvalue weighted by Gasteiger charge is -2.28. The SMILES string of the molecule is CC(C)CCOC(C)(C)c1cccc(C(C)(C)C)c1. The first-order chi connectivity index (χ1) is 8.63. The smallest absolute Gasteiger partial charge is 0.0875 e. The van der Waals surface area contributed by atoms with Crippen LogP contribution in [0.3, 0.4) is 0 Å². The van der Waals surface area contributed by atoms with E-state index in [0.717, 1.165) is 13.0 Å². The Balaban J connectivity index is 2.83. The molecule has 1 aromatic carbocycles. The van der Waals surface area contributed by atoms with Crippen LogP contribution >= 0.6 is 0 Å². The van der Waals surface area contributed by atoms with Crippen LogP contribution in [0.5, 0.6) is 0 Å². The van der Waals surface area contributed by atoms with Crippen molar-refractivity contribution >= 4 is 0 Å². The minimum Gasteiger partial charge on any atom is -0.371 e. The predicted octanol–water partition coefficient (Wildman–Crippen LogP) is 5.28. The highest BCUT2D eigenvalue weighted by Crippen LogP contribution is 2.30. The molecule has 0 aromatic heterocycles. The molecule has 0 unspecified atom stereocenters. The second kappa shape index (κ2) is 6.09. The van der Waals surface area contributed by atoms with Crippen molar-refractivity contribution in [2.45, 2.75) is 65.9 Å². The summed E-state index contributed by atoms with van der Waals surface area (Å²) in [5.74, 6) is 0.691. The third-order valence-electron chi connectivity index (χ3n) is 3.58. The molecule has 0 saturated carbocycles. The largest absolute Gasteiger partial charge is 0.371 e. The van der Waals surface area contributed by atoms with E-state index in [1.54, 1.807) is 0 Å². The van der Waals surface area contributed by atoms with Crippen LogP contribution in [0.4, 0.5) is 0 Å². The fourth-order valence-corrected chi connectivity index (χ4v) is 1.99. The Hall–Kier alpha value is -0.820. The Kier molecular flexibility index (Phi) is 5.20. The Bertz CT molecular complexity index is 396. The van der Waals surface area contributed by atoms with Gasteiger partial charge in [0, 0.05) is 6.61 Å². The van der Waals surface area contributed by atoms with Gasteiger partial charge in [0.25, 0.3) is 0 Å². The molecule has 0 aliphatic rings. The average Bonchev–Trinajstić information content (AvgIpc) is 2.27. The normalized spacial score (nSPS) is 13.1. The summed E-state index contributed by atoms with van der Waals surface area (Å²) in [6.45, 7) is 16.4. The van der Waals surface area contributed by atoms with Gasteiger partial charge >= 0.3 is 0 Å². The van der Waals surface area contributed by atoms with Gasteiger partial charge in [-0.1, -0.05) is 58.9 Å². The zero-order valence-corrected chi connectivity index (χ0v) is 13.7. The first kappa shape index (κ1) is 16.2. The summed E-state index contributed by atoms with van der Waals surface area (Å²) in [4.78, 5) is 0. The van der Waals surface area contributed by atoms with Gasteiger partial charge in [-0.2, -0.15) is 0 Å². The summed E-state index contributed by atoms with van der Waals surface area (Å²) in [6, 6.07) is 8.80.